The first kappa shape index (κ1) is 20.9. The molecule has 6 heteroatoms. The SMILES string of the molecule is CC(=O)N1CCC(NC2CC(Cc3cc(CN4CCCCC4)on3)C2(C)C)CC1. The molecule has 1 N–H and O–H groups in total. The number of nitrogens with one attached hydrogen (secondary N) is 1. The lowest BCUT2D eigenvalue weighted by atomic mass is 9.57. The predicted octanol–water partition coefficient (Wildman–Crippen LogP) is 3.22. The maximum Gasteiger partial charge on any atom is 0.219 e. The predicted molar refractivity (Wildman–Crippen MR) is 113 cm³/mol. The Labute approximate surface area is 175 Å². The first-order chi connectivity index (χ1) is 13.9. The molecule has 0 spiro atoms. The molecule has 1 amide bonds. The third-order valence-electron chi connectivity index (χ3n) is 7.74. The van der Waals surface area contributed by atoms with Gasteiger partial charge >= 0.3 is 0 Å². The van der Waals surface area contributed by atoms with Crippen LogP contribution in [0.3, 0.4) is 0 Å². The molecule has 0 radical (unpaired) electrons. The van der Waals surface area contributed by atoms with Crippen LogP contribution in [0.2, 0.25) is 0 Å². The molecule has 3 fully saturated rings. The van der Waals surface area contributed by atoms with Gasteiger partial charge in [0.25, 0.3) is 0 Å². The van der Waals surface area contributed by atoms with Crippen molar-refractivity contribution < 1.29 is 9.32 Å². The lowest BCUT2D eigenvalue weighted by molar-refractivity contribution is -0.130. The summed E-state index contributed by atoms with van der Waals surface area (Å²) in [4.78, 5) is 16.0. The molecule has 1 saturated carbocycles. The Hall–Kier alpha value is -1.40. The number of nitrogens with zero attached hydrogens (tertiary/aromatic N) is 3. The second-order valence-corrected chi connectivity index (χ2v) is 10.1. The molecule has 0 aromatic carbocycles. The number of rotatable bonds is 6. The molecule has 6 nitrogen and oxygen atoms in total. The van der Waals surface area contributed by atoms with Gasteiger partial charge in [0.2, 0.25) is 5.91 Å². The third-order valence-corrected chi connectivity index (χ3v) is 7.74. The summed E-state index contributed by atoms with van der Waals surface area (Å²) < 4.78 is 5.64. The molecular formula is C23H38N4O2. The zero-order valence-electron chi connectivity index (χ0n) is 18.5. The van der Waals surface area contributed by atoms with E-state index < -0.39 is 0 Å². The van der Waals surface area contributed by atoms with Crippen LogP contribution in [0.15, 0.2) is 10.6 Å². The highest BCUT2D eigenvalue weighted by atomic mass is 16.5. The summed E-state index contributed by atoms with van der Waals surface area (Å²) >= 11 is 0. The van der Waals surface area contributed by atoms with Gasteiger partial charge in [-0.25, -0.2) is 0 Å². The molecule has 2 unspecified atom stereocenters. The highest BCUT2D eigenvalue weighted by Gasteiger charge is 2.48. The Morgan fingerprint density at radius 1 is 1.21 bits per heavy atom. The number of amides is 1. The van der Waals surface area contributed by atoms with Crippen molar-refractivity contribution in [2.45, 2.75) is 84.3 Å². The van der Waals surface area contributed by atoms with Gasteiger partial charge in [-0.05, 0) is 62.9 Å². The Morgan fingerprint density at radius 2 is 1.93 bits per heavy atom. The Bertz CT molecular complexity index is 687. The lowest BCUT2D eigenvalue weighted by Crippen LogP contribution is -2.61. The molecular weight excluding hydrogens is 364 g/mol. The first-order valence-corrected chi connectivity index (χ1v) is 11.6. The van der Waals surface area contributed by atoms with Crippen molar-refractivity contribution in [2.24, 2.45) is 11.3 Å². The monoisotopic (exact) mass is 402 g/mol. The van der Waals surface area contributed by atoms with Crippen LogP contribution in [-0.2, 0) is 17.8 Å². The van der Waals surface area contributed by atoms with E-state index in [-0.39, 0.29) is 11.3 Å². The van der Waals surface area contributed by atoms with Gasteiger partial charge < -0.3 is 14.7 Å². The van der Waals surface area contributed by atoms with Gasteiger partial charge in [-0.2, -0.15) is 0 Å². The van der Waals surface area contributed by atoms with Gasteiger partial charge in [-0.15, -0.1) is 0 Å². The number of likely N-dealkylation sites (tertiary alicyclic amines) is 2. The fourth-order valence-electron chi connectivity index (χ4n) is 5.41. The maximum atomic E-state index is 11.5. The van der Waals surface area contributed by atoms with E-state index in [1.54, 1.807) is 6.92 Å². The summed E-state index contributed by atoms with van der Waals surface area (Å²) in [5, 5.41) is 8.27. The molecule has 1 aromatic heterocycles. The zero-order chi connectivity index (χ0) is 20.4. The molecule has 2 saturated heterocycles. The number of carbonyl (C=O) groups is 1. The minimum Gasteiger partial charge on any atom is -0.360 e. The topological polar surface area (TPSA) is 61.6 Å². The summed E-state index contributed by atoms with van der Waals surface area (Å²) in [6.45, 7) is 11.5. The standard InChI is InChI=1S/C23H38N4O2/c1-17(28)27-11-7-19(8-12-27)24-22-14-18(23(22,2)3)13-20-15-21(29-25-20)16-26-9-5-4-6-10-26/h15,18-19,22,24H,4-14,16H2,1-3H3. The number of piperidine rings is 2. The van der Waals surface area contributed by atoms with Crippen LogP contribution in [0.1, 0.15) is 70.8 Å². The summed E-state index contributed by atoms with van der Waals surface area (Å²) in [6, 6.07) is 3.28. The number of carbonyl (C=O) groups excluding carboxylic acids is 1. The van der Waals surface area contributed by atoms with E-state index in [1.807, 2.05) is 4.90 Å². The molecule has 2 atom stereocenters. The van der Waals surface area contributed by atoms with Crippen LogP contribution >= 0.6 is 0 Å². The van der Waals surface area contributed by atoms with E-state index in [2.05, 4.69) is 35.3 Å². The van der Waals surface area contributed by atoms with E-state index in [9.17, 15) is 4.79 Å². The van der Waals surface area contributed by atoms with Gasteiger partial charge in [0.15, 0.2) is 5.76 Å². The largest absolute Gasteiger partial charge is 0.360 e. The molecule has 2 aliphatic heterocycles. The number of hydrogen-bond donors (Lipinski definition) is 1. The second kappa shape index (κ2) is 8.76. The molecule has 1 aromatic rings. The molecule has 4 rings (SSSR count). The molecule has 1 aliphatic carbocycles. The average molecular weight is 403 g/mol. The molecule has 0 bridgehead atoms. The van der Waals surface area contributed by atoms with E-state index in [0.29, 0.717) is 18.0 Å². The average Bonchev–Trinajstić information content (AvgIpc) is 3.15. The van der Waals surface area contributed by atoms with Gasteiger partial charge in [0.05, 0.1) is 12.2 Å². The second-order valence-electron chi connectivity index (χ2n) is 10.1. The Kier molecular flexibility index (Phi) is 6.30. The van der Waals surface area contributed by atoms with Crippen LogP contribution in [0.25, 0.3) is 0 Å². The van der Waals surface area contributed by atoms with E-state index in [0.717, 1.165) is 50.4 Å². The summed E-state index contributed by atoms with van der Waals surface area (Å²) in [6.07, 6.45) is 8.32. The van der Waals surface area contributed by atoms with Crippen molar-refractivity contribution >= 4 is 5.91 Å². The third kappa shape index (κ3) is 4.85. The van der Waals surface area contributed by atoms with Crippen LogP contribution in [-0.4, -0.2) is 59.1 Å². The molecule has 162 valence electrons. The summed E-state index contributed by atoms with van der Waals surface area (Å²) in [5.74, 6) is 1.87. The van der Waals surface area contributed by atoms with Crippen molar-refractivity contribution in [3.05, 3.63) is 17.5 Å². The van der Waals surface area contributed by atoms with Crippen molar-refractivity contribution in [1.29, 1.82) is 0 Å². The van der Waals surface area contributed by atoms with E-state index in [4.69, 9.17) is 4.52 Å². The minimum atomic E-state index is 0.208. The number of hydrogen-bond acceptors (Lipinski definition) is 5. The molecule has 29 heavy (non-hydrogen) atoms. The van der Waals surface area contributed by atoms with Crippen LogP contribution in [0.4, 0.5) is 0 Å². The Balaban J connectivity index is 1.23. The van der Waals surface area contributed by atoms with Crippen LogP contribution in [0, 0.1) is 11.3 Å². The maximum absolute atomic E-state index is 11.5. The van der Waals surface area contributed by atoms with Crippen LogP contribution < -0.4 is 5.32 Å². The summed E-state index contributed by atoms with van der Waals surface area (Å²) in [7, 11) is 0. The van der Waals surface area contributed by atoms with E-state index >= 15 is 0 Å². The van der Waals surface area contributed by atoms with Gasteiger partial charge in [0, 0.05) is 38.2 Å². The van der Waals surface area contributed by atoms with Crippen molar-refractivity contribution in [2.75, 3.05) is 26.2 Å². The quantitative estimate of drug-likeness (QED) is 0.792. The first-order valence-electron chi connectivity index (χ1n) is 11.6. The fraction of sp³-hybridized carbons (Fsp3) is 0.826. The van der Waals surface area contributed by atoms with Crippen molar-refractivity contribution in [3.8, 4) is 0 Å². The smallest absolute Gasteiger partial charge is 0.219 e. The normalized spacial score (nSPS) is 28.3. The highest BCUT2D eigenvalue weighted by Crippen LogP contribution is 2.48. The Morgan fingerprint density at radius 3 is 2.59 bits per heavy atom. The van der Waals surface area contributed by atoms with Crippen molar-refractivity contribution in [1.82, 2.24) is 20.3 Å². The molecule has 3 aliphatic rings. The zero-order valence-corrected chi connectivity index (χ0v) is 18.5. The number of aromatic nitrogens is 1. The minimum absolute atomic E-state index is 0.208. The van der Waals surface area contributed by atoms with Gasteiger partial charge in [0.1, 0.15) is 0 Å². The van der Waals surface area contributed by atoms with Gasteiger partial charge in [-0.3, -0.25) is 9.69 Å². The van der Waals surface area contributed by atoms with E-state index in [1.165, 1.54) is 38.8 Å². The van der Waals surface area contributed by atoms with Crippen LogP contribution in [0.5, 0.6) is 0 Å². The van der Waals surface area contributed by atoms with Crippen molar-refractivity contribution in [3.63, 3.8) is 0 Å². The summed E-state index contributed by atoms with van der Waals surface area (Å²) in [5.41, 5.74) is 1.38. The molecule has 3 heterocycles. The lowest BCUT2D eigenvalue weighted by Gasteiger charge is -2.54. The van der Waals surface area contributed by atoms with Gasteiger partial charge in [-0.1, -0.05) is 25.4 Å². The fourth-order valence-corrected chi connectivity index (χ4v) is 5.41. The highest BCUT2D eigenvalue weighted by molar-refractivity contribution is 5.73.